The van der Waals surface area contributed by atoms with Gasteiger partial charge in [0.05, 0.1) is 22.8 Å². The molecule has 0 spiro atoms. The standard InChI is InChI=1S/C25H21FI2N6O2/c1-13(14-5-3-6-15(20(14)27)21(26)28)32-22-16-11-17(24(35)33(2)23(16)31-12-30-22)25(36)34-10-8-18-19(34)7-4-9-29-18/h3-7,9,11-13,21H,8,10H2,1-2H3,(H,30,31,32)/t13-,21?/m1/s1. The van der Waals surface area contributed by atoms with Crippen LogP contribution in [0, 0.1) is 3.57 Å². The van der Waals surface area contributed by atoms with Crippen LogP contribution in [0.25, 0.3) is 11.0 Å². The predicted octanol–water partition coefficient (Wildman–Crippen LogP) is 5.11. The molecule has 1 amide bonds. The molecule has 36 heavy (non-hydrogen) atoms. The van der Waals surface area contributed by atoms with Crippen molar-refractivity contribution >= 4 is 73.6 Å². The number of fused-ring (bicyclic) bond motifs is 2. The maximum Gasteiger partial charge on any atom is 0.264 e. The zero-order chi connectivity index (χ0) is 25.6. The summed E-state index contributed by atoms with van der Waals surface area (Å²) in [6.45, 7) is 2.42. The molecular formula is C25H21FI2N6O2. The molecule has 3 aromatic heterocycles. The number of halogens is 3. The Morgan fingerprint density at radius 2 is 1.94 bits per heavy atom. The number of amides is 1. The Morgan fingerprint density at radius 1 is 1.17 bits per heavy atom. The van der Waals surface area contributed by atoms with Crippen molar-refractivity contribution in [2.45, 2.75) is 23.6 Å². The summed E-state index contributed by atoms with van der Waals surface area (Å²) in [4.78, 5) is 41.3. The highest BCUT2D eigenvalue weighted by atomic mass is 127. The molecule has 1 aliphatic rings. The molecule has 1 N–H and O–H groups in total. The summed E-state index contributed by atoms with van der Waals surface area (Å²) in [6.07, 6.45) is 3.71. The molecule has 184 valence electrons. The number of carbonyl (C=O) groups excluding carboxylic acids is 1. The van der Waals surface area contributed by atoms with E-state index in [0.29, 0.717) is 35.4 Å². The summed E-state index contributed by atoms with van der Waals surface area (Å²) in [5.74, 6) is 0.0958. The minimum atomic E-state index is -1.12. The molecule has 1 aliphatic heterocycles. The fraction of sp³-hybridized carbons (Fsp3) is 0.240. The summed E-state index contributed by atoms with van der Waals surface area (Å²) in [7, 11) is 1.59. The first kappa shape index (κ1) is 25.0. The SMILES string of the molecule is C[C@@H](Nc1ncnc2c1cc(C(=O)N1CCc3ncccc31)c(=O)n2C)c1cccc(C(F)I)c1I. The minimum Gasteiger partial charge on any atom is -0.363 e. The molecule has 0 saturated carbocycles. The van der Waals surface area contributed by atoms with Gasteiger partial charge < -0.3 is 10.2 Å². The van der Waals surface area contributed by atoms with Gasteiger partial charge in [0.15, 0.2) is 4.18 Å². The van der Waals surface area contributed by atoms with Crippen LogP contribution in [0.2, 0.25) is 0 Å². The van der Waals surface area contributed by atoms with Crippen LogP contribution in [0.15, 0.2) is 53.7 Å². The number of benzene rings is 1. The van der Waals surface area contributed by atoms with E-state index in [1.54, 1.807) is 58.9 Å². The maximum atomic E-state index is 14.1. The molecule has 2 atom stereocenters. The first-order valence-corrected chi connectivity index (χ1v) is 13.5. The largest absolute Gasteiger partial charge is 0.363 e. The van der Waals surface area contributed by atoms with E-state index in [4.69, 9.17) is 0 Å². The lowest BCUT2D eigenvalue weighted by atomic mass is 10.1. The first-order valence-electron chi connectivity index (χ1n) is 11.2. The lowest BCUT2D eigenvalue weighted by Gasteiger charge is -2.20. The second-order valence-corrected chi connectivity index (χ2v) is 10.6. The summed E-state index contributed by atoms with van der Waals surface area (Å²) in [5, 5.41) is 3.92. The van der Waals surface area contributed by atoms with Crippen molar-refractivity contribution in [2.75, 3.05) is 16.8 Å². The molecule has 0 aliphatic carbocycles. The molecule has 0 bridgehead atoms. The number of rotatable bonds is 5. The predicted molar refractivity (Wildman–Crippen MR) is 153 cm³/mol. The molecule has 4 aromatic rings. The van der Waals surface area contributed by atoms with Gasteiger partial charge in [-0.1, -0.05) is 18.2 Å². The second kappa shape index (κ2) is 10.00. The number of pyridine rings is 2. The van der Waals surface area contributed by atoms with Crippen LogP contribution in [-0.4, -0.2) is 32.0 Å². The molecular weight excluding hydrogens is 689 g/mol. The Balaban J connectivity index is 1.56. The van der Waals surface area contributed by atoms with Gasteiger partial charge in [-0.25, -0.2) is 14.4 Å². The van der Waals surface area contributed by atoms with Crippen LogP contribution in [-0.2, 0) is 13.5 Å². The number of hydrogen-bond acceptors (Lipinski definition) is 6. The van der Waals surface area contributed by atoms with E-state index in [-0.39, 0.29) is 17.5 Å². The van der Waals surface area contributed by atoms with E-state index in [1.165, 1.54) is 10.9 Å². The molecule has 0 saturated heterocycles. The van der Waals surface area contributed by atoms with Gasteiger partial charge in [0.2, 0.25) is 0 Å². The van der Waals surface area contributed by atoms with E-state index in [2.05, 4.69) is 42.9 Å². The van der Waals surface area contributed by atoms with Crippen molar-refractivity contribution in [1.82, 2.24) is 19.5 Å². The van der Waals surface area contributed by atoms with Crippen molar-refractivity contribution < 1.29 is 9.18 Å². The van der Waals surface area contributed by atoms with Gasteiger partial charge >= 0.3 is 0 Å². The second-order valence-electron chi connectivity index (χ2n) is 8.47. The van der Waals surface area contributed by atoms with E-state index >= 15 is 0 Å². The molecule has 8 nitrogen and oxygen atoms in total. The lowest BCUT2D eigenvalue weighted by molar-refractivity contribution is 0.0987. The molecule has 0 fully saturated rings. The Labute approximate surface area is 233 Å². The van der Waals surface area contributed by atoms with E-state index in [1.807, 2.05) is 25.1 Å². The number of aryl methyl sites for hydroxylation is 1. The number of hydrogen-bond donors (Lipinski definition) is 1. The first-order chi connectivity index (χ1) is 17.3. The Hall–Kier alpha value is -2.68. The third-order valence-corrected chi connectivity index (χ3v) is 8.24. The topological polar surface area (TPSA) is 93.0 Å². The number of nitrogens with one attached hydrogen (secondary N) is 1. The summed E-state index contributed by atoms with van der Waals surface area (Å²) in [6, 6.07) is 10.5. The van der Waals surface area contributed by atoms with Gasteiger partial charge in [-0.2, -0.15) is 0 Å². The highest BCUT2D eigenvalue weighted by molar-refractivity contribution is 14.1. The van der Waals surface area contributed by atoms with Crippen molar-refractivity contribution in [3.8, 4) is 0 Å². The van der Waals surface area contributed by atoms with Crippen LogP contribution in [0.5, 0.6) is 0 Å². The molecule has 1 aromatic carbocycles. The van der Waals surface area contributed by atoms with Crippen LogP contribution >= 0.6 is 45.2 Å². The Bertz CT molecular complexity index is 1560. The Morgan fingerprint density at radius 3 is 2.72 bits per heavy atom. The third-order valence-electron chi connectivity index (χ3n) is 6.32. The van der Waals surface area contributed by atoms with E-state index in [0.717, 1.165) is 20.5 Å². The van der Waals surface area contributed by atoms with E-state index < -0.39 is 9.74 Å². The quantitative estimate of drug-likeness (QED) is 0.229. The van der Waals surface area contributed by atoms with Gasteiger partial charge in [-0.15, -0.1) is 0 Å². The lowest BCUT2D eigenvalue weighted by Crippen LogP contribution is -2.35. The number of nitrogens with zero attached hydrogens (tertiary/aromatic N) is 5. The average molecular weight is 710 g/mol. The normalized spacial score (nSPS) is 14.5. The molecule has 1 unspecified atom stereocenters. The third kappa shape index (κ3) is 4.35. The number of alkyl halides is 2. The fourth-order valence-electron chi connectivity index (χ4n) is 4.45. The smallest absolute Gasteiger partial charge is 0.264 e. The zero-order valence-corrected chi connectivity index (χ0v) is 23.7. The monoisotopic (exact) mass is 710 g/mol. The van der Waals surface area contributed by atoms with Gasteiger partial charge in [0.25, 0.3) is 11.5 Å². The minimum absolute atomic E-state index is 0.0361. The summed E-state index contributed by atoms with van der Waals surface area (Å²) < 4.78 is 15.2. The molecule has 4 heterocycles. The van der Waals surface area contributed by atoms with Gasteiger partial charge in [-0.3, -0.25) is 19.1 Å². The molecule has 0 radical (unpaired) electrons. The Kier molecular flexibility index (Phi) is 6.94. The van der Waals surface area contributed by atoms with Crippen LogP contribution < -0.4 is 15.8 Å². The number of aromatic nitrogens is 4. The maximum absolute atomic E-state index is 14.1. The number of anilines is 2. The highest BCUT2D eigenvalue weighted by Gasteiger charge is 2.29. The van der Waals surface area contributed by atoms with Crippen molar-refractivity contribution in [3.63, 3.8) is 0 Å². The summed E-state index contributed by atoms with van der Waals surface area (Å²) in [5.41, 5.74) is 3.10. The zero-order valence-electron chi connectivity index (χ0n) is 19.4. The van der Waals surface area contributed by atoms with E-state index in [9.17, 15) is 14.0 Å². The van der Waals surface area contributed by atoms with Crippen molar-refractivity contribution in [1.29, 1.82) is 0 Å². The van der Waals surface area contributed by atoms with Crippen LogP contribution in [0.1, 0.15) is 44.3 Å². The number of carbonyl (C=O) groups is 1. The fourth-order valence-corrected chi connectivity index (χ4v) is 6.67. The average Bonchev–Trinajstić information content (AvgIpc) is 3.30. The van der Waals surface area contributed by atoms with Crippen LogP contribution in [0.3, 0.4) is 0 Å². The summed E-state index contributed by atoms with van der Waals surface area (Å²) >= 11 is 3.92. The molecule has 11 heteroatoms. The van der Waals surface area contributed by atoms with Crippen molar-refractivity contribution in [2.24, 2.45) is 7.05 Å². The highest BCUT2D eigenvalue weighted by Crippen LogP contribution is 2.34. The van der Waals surface area contributed by atoms with Gasteiger partial charge in [0, 0.05) is 35.3 Å². The van der Waals surface area contributed by atoms with Crippen LogP contribution in [0.4, 0.5) is 15.9 Å². The van der Waals surface area contributed by atoms with Gasteiger partial charge in [-0.05, 0) is 75.9 Å². The van der Waals surface area contributed by atoms with Crippen molar-refractivity contribution in [3.05, 3.63) is 85.2 Å². The molecule has 5 rings (SSSR count). The van der Waals surface area contributed by atoms with Gasteiger partial charge in [0.1, 0.15) is 23.4 Å².